The molecule has 0 saturated carbocycles. The first-order valence-electron chi connectivity index (χ1n) is 14.9. The van der Waals surface area contributed by atoms with Crippen LogP contribution in [0, 0.1) is 0 Å². The zero-order valence-electron chi connectivity index (χ0n) is 24.3. The Morgan fingerprint density at radius 2 is 1.51 bits per heavy atom. The Bertz CT molecular complexity index is 1250. The highest BCUT2D eigenvalue weighted by molar-refractivity contribution is 6.01. The van der Waals surface area contributed by atoms with Gasteiger partial charge in [0.25, 0.3) is 11.8 Å². The molecule has 3 aromatic rings. The van der Waals surface area contributed by atoms with Crippen molar-refractivity contribution in [3.05, 3.63) is 96.1 Å². The molecule has 7 heteroatoms. The highest BCUT2D eigenvalue weighted by Crippen LogP contribution is 2.38. The first-order chi connectivity index (χ1) is 19.9. The third-order valence-electron chi connectivity index (χ3n) is 8.13. The van der Waals surface area contributed by atoms with Crippen LogP contribution in [-0.4, -0.2) is 27.8 Å². The van der Waals surface area contributed by atoms with E-state index in [1.54, 1.807) is 0 Å². The molecule has 1 aliphatic heterocycles. The topological polar surface area (TPSA) is 80.5 Å². The van der Waals surface area contributed by atoms with Gasteiger partial charge in [0.05, 0.1) is 0 Å². The second kappa shape index (κ2) is 15.2. The number of carbonyl (C=O) groups excluding carboxylic acids is 3. The standard InChI is InChI=1S/C34H42N3O4/c1-3-27(29-10-6-4-7-11-29)25-31(30-15-19-35-20-16-30)24-26(2)28-17-22-36(23-18-28)21-9-5-8-12-34(40)41-37-32(38)13-14-33(37)39/h4,6-7,10-11,15-20,22-23,26-27,31H,3,5,8-9,12-14,21,24-25H2,1-2H3/q+1. The van der Waals surface area contributed by atoms with Crippen LogP contribution in [-0.2, 0) is 25.8 Å². The lowest BCUT2D eigenvalue weighted by Crippen LogP contribution is -2.33. The zero-order chi connectivity index (χ0) is 29.0. The average Bonchev–Trinajstić information content (AvgIpc) is 3.32. The summed E-state index contributed by atoms with van der Waals surface area (Å²) in [6, 6.07) is 19.6. The van der Waals surface area contributed by atoms with E-state index in [4.69, 9.17) is 4.84 Å². The van der Waals surface area contributed by atoms with Gasteiger partial charge in [-0.15, -0.1) is 5.06 Å². The number of pyridine rings is 2. The molecule has 1 fully saturated rings. The number of unbranched alkanes of at least 4 members (excludes halogenated alkanes) is 2. The van der Waals surface area contributed by atoms with E-state index in [1.807, 2.05) is 12.4 Å². The molecule has 41 heavy (non-hydrogen) atoms. The summed E-state index contributed by atoms with van der Waals surface area (Å²) in [5, 5.41) is 0.616. The lowest BCUT2D eigenvalue weighted by atomic mass is 9.79. The van der Waals surface area contributed by atoms with Gasteiger partial charge in [0.2, 0.25) is 0 Å². The molecular weight excluding hydrogens is 514 g/mol. The fraction of sp³-hybridized carbons (Fsp3) is 0.441. The summed E-state index contributed by atoms with van der Waals surface area (Å²) in [4.78, 5) is 44.3. The van der Waals surface area contributed by atoms with E-state index in [2.05, 4.69) is 90.4 Å². The van der Waals surface area contributed by atoms with E-state index in [-0.39, 0.29) is 19.3 Å². The Hall–Kier alpha value is -3.87. The number of rotatable bonds is 15. The minimum atomic E-state index is -0.529. The second-order valence-electron chi connectivity index (χ2n) is 11.1. The Kier molecular flexibility index (Phi) is 11.2. The summed E-state index contributed by atoms with van der Waals surface area (Å²) < 4.78 is 2.18. The Morgan fingerprint density at radius 1 is 0.854 bits per heavy atom. The van der Waals surface area contributed by atoms with Gasteiger partial charge in [-0.2, -0.15) is 0 Å². The molecule has 0 radical (unpaired) electrons. The van der Waals surface area contributed by atoms with Crippen LogP contribution >= 0.6 is 0 Å². The number of hydrogen-bond acceptors (Lipinski definition) is 5. The number of carbonyl (C=O) groups is 3. The Labute approximate surface area is 243 Å². The lowest BCUT2D eigenvalue weighted by Gasteiger charge is -2.26. The van der Waals surface area contributed by atoms with Crippen LogP contribution in [0.25, 0.3) is 0 Å². The van der Waals surface area contributed by atoms with E-state index in [0.29, 0.717) is 29.2 Å². The van der Waals surface area contributed by atoms with Gasteiger partial charge in [0.15, 0.2) is 12.4 Å². The summed E-state index contributed by atoms with van der Waals surface area (Å²) >= 11 is 0. The number of benzene rings is 1. The van der Waals surface area contributed by atoms with E-state index >= 15 is 0 Å². The van der Waals surface area contributed by atoms with Crippen molar-refractivity contribution in [1.29, 1.82) is 0 Å². The van der Waals surface area contributed by atoms with Gasteiger partial charge in [-0.1, -0.05) is 44.2 Å². The molecule has 3 heterocycles. The fourth-order valence-electron chi connectivity index (χ4n) is 5.67. The van der Waals surface area contributed by atoms with Crippen LogP contribution in [0.1, 0.15) is 106 Å². The number of imide groups is 1. The molecule has 0 aliphatic carbocycles. The van der Waals surface area contributed by atoms with Crippen molar-refractivity contribution in [2.45, 2.75) is 95.9 Å². The summed E-state index contributed by atoms with van der Waals surface area (Å²) in [6.07, 6.45) is 14.2. The number of aryl methyl sites for hydroxylation is 1. The molecule has 0 spiro atoms. The van der Waals surface area contributed by atoms with Crippen molar-refractivity contribution >= 4 is 17.8 Å². The molecule has 1 aromatic carbocycles. The van der Waals surface area contributed by atoms with E-state index < -0.39 is 17.8 Å². The van der Waals surface area contributed by atoms with Crippen LogP contribution in [0.4, 0.5) is 0 Å². The lowest BCUT2D eigenvalue weighted by molar-refractivity contribution is -0.697. The van der Waals surface area contributed by atoms with Crippen LogP contribution in [0.3, 0.4) is 0 Å². The first-order valence-corrected chi connectivity index (χ1v) is 14.9. The largest absolute Gasteiger partial charge is 0.333 e. The van der Waals surface area contributed by atoms with Gasteiger partial charge in [-0.3, -0.25) is 14.6 Å². The fourth-order valence-corrected chi connectivity index (χ4v) is 5.67. The first kappa shape index (κ1) is 30.1. The predicted molar refractivity (Wildman–Crippen MR) is 156 cm³/mol. The molecule has 1 aliphatic rings. The summed E-state index contributed by atoms with van der Waals surface area (Å²) in [7, 11) is 0. The summed E-state index contributed by atoms with van der Waals surface area (Å²) in [6.45, 7) is 5.46. The van der Waals surface area contributed by atoms with Crippen molar-refractivity contribution in [2.24, 2.45) is 0 Å². The molecule has 2 amide bonds. The predicted octanol–water partition coefficient (Wildman–Crippen LogP) is 6.40. The molecule has 3 atom stereocenters. The average molecular weight is 557 g/mol. The molecule has 216 valence electrons. The summed E-state index contributed by atoms with van der Waals surface area (Å²) in [5.41, 5.74) is 4.10. The number of nitrogens with zero attached hydrogens (tertiary/aromatic N) is 3. The normalized spacial score (nSPS) is 15.5. The van der Waals surface area contributed by atoms with Crippen LogP contribution in [0.5, 0.6) is 0 Å². The number of hydroxylamine groups is 2. The van der Waals surface area contributed by atoms with Crippen molar-refractivity contribution in [3.8, 4) is 0 Å². The molecule has 1 saturated heterocycles. The van der Waals surface area contributed by atoms with Gasteiger partial charge < -0.3 is 4.84 Å². The van der Waals surface area contributed by atoms with Gasteiger partial charge in [0, 0.05) is 50.2 Å². The van der Waals surface area contributed by atoms with Crippen LogP contribution in [0.2, 0.25) is 0 Å². The highest BCUT2D eigenvalue weighted by Gasteiger charge is 2.32. The van der Waals surface area contributed by atoms with Crippen molar-refractivity contribution < 1.29 is 23.8 Å². The van der Waals surface area contributed by atoms with Crippen LogP contribution < -0.4 is 4.57 Å². The number of aromatic nitrogens is 2. The van der Waals surface area contributed by atoms with Crippen molar-refractivity contribution in [2.75, 3.05) is 0 Å². The Morgan fingerprint density at radius 3 is 2.17 bits per heavy atom. The van der Waals surface area contributed by atoms with Crippen molar-refractivity contribution in [3.63, 3.8) is 0 Å². The third-order valence-corrected chi connectivity index (χ3v) is 8.13. The molecule has 4 rings (SSSR count). The number of amides is 2. The monoisotopic (exact) mass is 556 g/mol. The van der Waals surface area contributed by atoms with Gasteiger partial charge >= 0.3 is 5.97 Å². The Balaban J connectivity index is 1.26. The smallest absolute Gasteiger partial charge is 0.330 e. The quantitative estimate of drug-likeness (QED) is 0.123. The zero-order valence-corrected chi connectivity index (χ0v) is 24.3. The molecule has 7 nitrogen and oxygen atoms in total. The molecule has 0 bridgehead atoms. The molecule has 2 aromatic heterocycles. The SMILES string of the molecule is CCC(CC(CC(C)c1cc[n+](CCCCCC(=O)ON2C(=O)CCC2=O)cc1)c1ccncc1)c1ccccc1. The number of hydrogen-bond donors (Lipinski definition) is 0. The van der Waals surface area contributed by atoms with E-state index in [0.717, 1.165) is 38.6 Å². The molecular formula is C34H42N3O4+. The molecule has 0 N–H and O–H groups in total. The van der Waals surface area contributed by atoms with Gasteiger partial charge in [-0.05, 0) is 78.7 Å². The minimum absolute atomic E-state index is 0.111. The second-order valence-corrected chi connectivity index (χ2v) is 11.1. The maximum Gasteiger partial charge on any atom is 0.333 e. The summed E-state index contributed by atoms with van der Waals surface area (Å²) in [5.74, 6) is -0.0360. The maximum absolute atomic E-state index is 12.0. The third kappa shape index (κ3) is 8.81. The van der Waals surface area contributed by atoms with E-state index in [1.165, 1.54) is 16.7 Å². The molecule has 3 unspecified atom stereocenters. The van der Waals surface area contributed by atoms with Gasteiger partial charge in [-0.25, -0.2) is 9.36 Å². The van der Waals surface area contributed by atoms with Crippen molar-refractivity contribution in [1.82, 2.24) is 10.0 Å². The maximum atomic E-state index is 12.0. The highest BCUT2D eigenvalue weighted by atomic mass is 16.7. The van der Waals surface area contributed by atoms with E-state index in [9.17, 15) is 14.4 Å². The van der Waals surface area contributed by atoms with Gasteiger partial charge in [0.1, 0.15) is 6.54 Å². The van der Waals surface area contributed by atoms with Crippen LogP contribution in [0.15, 0.2) is 79.4 Å². The minimum Gasteiger partial charge on any atom is -0.330 e.